The fourth-order valence-electron chi connectivity index (χ4n) is 7.04. The molecule has 0 aromatic rings. The van der Waals surface area contributed by atoms with Crippen molar-refractivity contribution in [3.05, 3.63) is 0 Å². The van der Waals surface area contributed by atoms with Gasteiger partial charge in [0.15, 0.2) is 0 Å². The van der Waals surface area contributed by atoms with Crippen LogP contribution in [-0.4, -0.2) is 60.8 Å². The molecule has 1 amide bonds. The second-order valence-electron chi connectivity index (χ2n) is 10.8. The molecule has 2 aliphatic carbocycles. The van der Waals surface area contributed by atoms with E-state index in [-0.39, 0.29) is 0 Å². The molecular weight excluding hydrogens is 362 g/mol. The molecule has 7 atom stereocenters. The Morgan fingerprint density at radius 3 is 2.69 bits per heavy atom. The van der Waals surface area contributed by atoms with E-state index in [2.05, 4.69) is 39.9 Å². The minimum atomic E-state index is 0.307. The Labute approximate surface area is 176 Å². The number of nitrogens with one attached hydrogen (secondary N) is 3. The predicted molar refractivity (Wildman–Crippen MR) is 115 cm³/mol. The molecule has 5 fully saturated rings. The van der Waals surface area contributed by atoms with Crippen molar-refractivity contribution in [2.45, 2.75) is 83.0 Å². The Morgan fingerprint density at radius 2 is 1.97 bits per heavy atom. The van der Waals surface area contributed by atoms with E-state index < -0.39 is 0 Å². The van der Waals surface area contributed by atoms with Gasteiger partial charge in [-0.3, -0.25) is 9.69 Å². The van der Waals surface area contributed by atoms with E-state index >= 15 is 0 Å². The smallest absolute Gasteiger partial charge is 0.226 e. The van der Waals surface area contributed by atoms with Crippen LogP contribution in [0.3, 0.4) is 0 Å². The van der Waals surface area contributed by atoms with E-state index in [0.717, 1.165) is 38.0 Å². The first-order chi connectivity index (χ1) is 14.1. The summed E-state index contributed by atoms with van der Waals surface area (Å²) in [7, 11) is 2.19. The fourth-order valence-corrected chi connectivity index (χ4v) is 7.04. The Bertz CT molecular complexity index is 596. The third-order valence-corrected chi connectivity index (χ3v) is 9.14. The van der Waals surface area contributed by atoms with Gasteiger partial charge in [0.2, 0.25) is 5.91 Å². The third kappa shape index (κ3) is 3.86. The number of fused-ring (bicyclic) bond motifs is 1. The average Bonchev–Trinajstić information content (AvgIpc) is 3.25. The molecule has 6 unspecified atom stereocenters. The molecule has 2 saturated carbocycles. The molecule has 3 heterocycles. The van der Waals surface area contributed by atoms with Crippen LogP contribution in [0.4, 0.5) is 0 Å². The Kier molecular flexibility index (Phi) is 5.89. The predicted octanol–water partition coefficient (Wildman–Crippen LogP) is 2.13. The molecule has 0 radical (unpaired) electrons. The number of hydrazine groups is 1. The molecule has 3 N–H and O–H groups in total. The van der Waals surface area contributed by atoms with Gasteiger partial charge >= 0.3 is 0 Å². The maximum absolute atomic E-state index is 13.4. The topological polar surface area (TPSA) is 59.6 Å². The number of likely N-dealkylation sites (tertiary alicyclic amines) is 1. The minimum Gasteiger partial charge on any atom is -0.339 e. The first kappa shape index (κ1) is 20.2. The monoisotopic (exact) mass is 403 g/mol. The lowest BCUT2D eigenvalue weighted by Gasteiger charge is -2.42. The van der Waals surface area contributed by atoms with Gasteiger partial charge in [-0.25, -0.2) is 10.9 Å². The highest BCUT2D eigenvalue weighted by atomic mass is 16.2. The van der Waals surface area contributed by atoms with Gasteiger partial charge in [0, 0.05) is 30.5 Å². The number of carbonyl (C=O) groups is 1. The van der Waals surface area contributed by atoms with E-state index in [1.54, 1.807) is 0 Å². The van der Waals surface area contributed by atoms with Crippen LogP contribution >= 0.6 is 0 Å². The van der Waals surface area contributed by atoms with Gasteiger partial charge in [0.05, 0.1) is 12.8 Å². The number of carbonyl (C=O) groups excluding carboxylic acids is 1. The normalized spacial score (nSPS) is 42.7. The van der Waals surface area contributed by atoms with Crippen LogP contribution in [-0.2, 0) is 4.79 Å². The average molecular weight is 404 g/mol. The summed E-state index contributed by atoms with van der Waals surface area (Å²) in [6.07, 6.45) is 11.9. The van der Waals surface area contributed by atoms with Crippen LogP contribution in [0, 0.1) is 29.6 Å². The summed E-state index contributed by atoms with van der Waals surface area (Å²) >= 11 is 0. The van der Waals surface area contributed by atoms with Crippen molar-refractivity contribution in [3.63, 3.8) is 0 Å². The van der Waals surface area contributed by atoms with Gasteiger partial charge in [-0.15, -0.1) is 0 Å². The van der Waals surface area contributed by atoms with Crippen LogP contribution in [0.2, 0.25) is 0 Å². The van der Waals surface area contributed by atoms with Crippen molar-refractivity contribution in [2.75, 3.05) is 26.8 Å². The fraction of sp³-hybridized carbons (Fsp3) is 0.957. The molecule has 0 aromatic carbocycles. The standard InChI is InChI=1S/C23H41N5O/c1-15(11-21-26-25-14-27(21)2)17-7-4-8-18(12-17)28-13-20-19(23(28)29)9-10-24-22(20)16-5-3-6-16/h15-22,24-26H,3-14H2,1-2H3/t15-,17?,18?,19?,20?,21?,22?/m1/s1. The van der Waals surface area contributed by atoms with Crippen molar-refractivity contribution in [1.82, 2.24) is 26.0 Å². The first-order valence-corrected chi connectivity index (χ1v) is 12.3. The summed E-state index contributed by atoms with van der Waals surface area (Å²) in [5.74, 6) is 3.66. The van der Waals surface area contributed by atoms with Crippen LogP contribution in [0.25, 0.3) is 0 Å². The van der Waals surface area contributed by atoms with Crippen LogP contribution in [0.5, 0.6) is 0 Å². The second-order valence-corrected chi connectivity index (χ2v) is 10.8. The molecule has 6 nitrogen and oxygen atoms in total. The number of hydrogen-bond acceptors (Lipinski definition) is 5. The zero-order chi connectivity index (χ0) is 20.0. The molecule has 3 aliphatic heterocycles. The molecule has 6 heteroatoms. The van der Waals surface area contributed by atoms with Crippen LogP contribution in [0.1, 0.15) is 64.7 Å². The summed E-state index contributed by atoms with van der Waals surface area (Å²) in [6.45, 7) is 5.43. The SMILES string of the molecule is C[C@H](CC1NNCN1C)C1CCCC(N2CC3C(CCNC3C3CCC3)C2=O)C1. The molecular formula is C23H41N5O. The molecule has 0 spiro atoms. The quantitative estimate of drug-likeness (QED) is 0.657. The van der Waals surface area contributed by atoms with Gasteiger partial charge < -0.3 is 10.2 Å². The summed E-state index contributed by atoms with van der Waals surface area (Å²) < 4.78 is 0. The van der Waals surface area contributed by atoms with Crippen molar-refractivity contribution < 1.29 is 4.79 Å². The van der Waals surface area contributed by atoms with Gasteiger partial charge in [-0.05, 0) is 69.9 Å². The van der Waals surface area contributed by atoms with Crippen molar-refractivity contribution in [1.29, 1.82) is 0 Å². The second kappa shape index (κ2) is 8.45. The lowest BCUT2D eigenvalue weighted by molar-refractivity contribution is -0.134. The largest absolute Gasteiger partial charge is 0.339 e. The highest BCUT2D eigenvalue weighted by Gasteiger charge is 2.50. The molecule has 164 valence electrons. The Hall–Kier alpha value is -0.690. The third-order valence-electron chi connectivity index (χ3n) is 9.14. The molecule has 0 aromatic heterocycles. The summed E-state index contributed by atoms with van der Waals surface area (Å²) in [4.78, 5) is 18.1. The number of amides is 1. The Balaban J connectivity index is 1.21. The highest BCUT2D eigenvalue weighted by molar-refractivity contribution is 5.82. The number of piperidine rings is 1. The van der Waals surface area contributed by atoms with Gasteiger partial charge in [-0.1, -0.05) is 26.2 Å². The van der Waals surface area contributed by atoms with Gasteiger partial charge in [0.25, 0.3) is 0 Å². The van der Waals surface area contributed by atoms with E-state index in [0.29, 0.717) is 41.9 Å². The summed E-state index contributed by atoms with van der Waals surface area (Å²) in [5, 5.41) is 3.81. The molecule has 5 rings (SSSR count). The lowest BCUT2D eigenvalue weighted by Crippen LogP contribution is -2.52. The number of hydrogen-bond donors (Lipinski definition) is 3. The maximum Gasteiger partial charge on any atom is 0.226 e. The molecule has 29 heavy (non-hydrogen) atoms. The van der Waals surface area contributed by atoms with E-state index in [9.17, 15) is 4.79 Å². The zero-order valence-electron chi connectivity index (χ0n) is 18.4. The molecule has 5 aliphatic rings. The van der Waals surface area contributed by atoms with Crippen molar-refractivity contribution in [2.24, 2.45) is 29.6 Å². The molecule has 3 saturated heterocycles. The molecule has 0 bridgehead atoms. The first-order valence-electron chi connectivity index (χ1n) is 12.3. The van der Waals surface area contributed by atoms with Crippen molar-refractivity contribution >= 4 is 5.91 Å². The maximum atomic E-state index is 13.4. The highest BCUT2D eigenvalue weighted by Crippen LogP contribution is 2.44. The van der Waals surface area contributed by atoms with Gasteiger partial charge in [-0.2, -0.15) is 0 Å². The van der Waals surface area contributed by atoms with E-state index in [4.69, 9.17) is 0 Å². The zero-order valence-corrected chi connectivity index (χ0v) is 18.4. The van der Waals surface area contributed by atoms with E-state index in [1.165, 1.54) is 51.4 Å². The van der Waals surface area contributed by atoms with Gasteiger partial charge in [0.1, 0.15) is 0 Å². The summed E-state index contributed by atoms with van der Waals surface area (Å²) in [5.41, 5.74) is 6.67. The Morgan fingerprint density at radius 1 is 1.14 bits per heavy atom. The van der Waals surface area contributed by atoms with Crippen molar-refractivity contribution in [3.8, 4) is 0 Å². The summed E-state index contributed by atoms with van der Waals surface area (Å²) in [6, 6.07) is 1.09. The van der Waals surface area contributed by atoms with Crippen LogP contribution in [0.15, 0.2) is 0 Å². The lowest BCUT2D eigenvalue weighted by atomic mass is 9.70. The van der Waals surface area contributed by atoms with Crippen LogP contribution < -0.4 is 16.2 Å². The number of nitrogens with zero attached hydrogens (tertiary/aromatic N) is 2. The minimum absolute atomic E-state index is 0.307. The number of rotatable bonds is 5. The van der Waals surface area contributed by atoms with E-state index in [1.807, 2.05) is 0 Å².